The quantitative estimate of drug-likeness (QED) is 0.373. The molecule has 4 rings (SSSR count). The van der Waals surface area contributed by atoms with Crippen LogP contribution in [-0.4, -0.2) is 54.7 Å². The summed E-state index contributed by atoms with van der Waals surface area (Å²) in [6.45, 7) is 5.12. The molecule has 7 heteroatoms. The second kappa shape index (κ2) is 9.67. The summed E-state index contributed by atoms with van der Waals surface area (Å²) in [4.78, 5) is 27.4. The number of benzene rings is 2. The molecule has 0 saturated carbocycles. The maximum Gasteiger partial charge on any atom is 0.295 e. The molecule has 2 unspecified atom stereocenters. The maximum absolute atomic E-state index is 13.1. The minimum Gasteiger partial charge on any atom is -0.507 e. The van der Waals surface area contributed by atoms with Crippen molar-refractivity contribution in [3.8, 4) is 11.5 Å². The third-order valence-electron chi connectivity index (χ3n) is 5.91. The Hall–Kier alpha value is -3.32. The van der Waals surface area contributed by atoms with Gasteiger partial charge in [-0.05, 0) is 54.8 Å². The Morgan fingerprint density at radius 3 is 2.61 bits per heavy atom. The number of nitrogens with zero attached hydrogens (tertiary/aromatic N) is 1. The van der Waals surface area contributed by atoms with Gasteiger partial charge in [0.15, 0.2) is 0 Å². The first-order valence-electron chi connectivity index (χ1n) is 11.2. The molecule has 2 aliphatic heterocycles. The van der Waals surface area contributed by atoms with Gasteiger partial charge in [-0.25, -0.2) is 0 Å². The molecule has 0 radical (unpaired) electrons. The second-order valence-corrected chi connectivity index (χ2v) is 8.36. The molecule has 1 fully saturated rings. The van der Waals surface area contributed by atoms with Crippen LogP contribution in [0.4, 0.5) is 0 Å². The van der Waals surface area contributed by atoms with Gasteiger partial charge < -0.3 is 24.2 Å². The van der Waals surface area contributed by atoms with Crippen LogP contribution in [0.15, 0.2) is 48.0 Å². The van der Waals surface area contributed by atoms with Crippen LogP contribution in [-0.2, 0) is 20.7 Å². The molecule has 2 aromatic rings. The molecule has 0 spiro atoms. The van der Waals surface area contributed by atoms with E-state index in [1.54, 1.807) is 19.2 Å². The molecule has 2 aliphatic rings. The van der Waals surface area contributed by atoms with Gasteiger partial charge in [-0.2, -0.15) is 0 Å². The summed E-state index contributed by atoms with van der Waals surface area (Å²) in [5.41, 5.74) is 2.25. The Kier molecular flexibility index (Phi) is 6.70. The van der Waals surface area contributed by atoms with Crippen LogP contribution >= 0.6 is 0 Å². The molecule has 2 aromatic carbocycles. The number of ether oxygens (including phenoxy) is 3. The maximum atomic E-state index is 13.1. The van der Waals surface area contributed by atoms with E-state index in [9.17, 15) is 14.7 Å². The predicted octanol–water partition coefficient (Wildman–Crippen LogP) is 3.87. The number of hydrogen-bond acceptors (Lipinski definition) is 6. The number of carbonyl (C=O) groups is 2. The Morgan fingerprint density at radius 2 is 1.91 bits per heavy atom. The minimum absolute atomic E-state index is 0.0606. The van der Waals surface area contributed by atoms with E-state index in [4.69, 9.17) is 14.2 Å². The number of aliphatic hydroxyl groups is 1. The fourth-order valence-electron chi connectivity index (χ4n) is 4.34. The molecule has 0 aromatic heterocycles. The number of hydrogen-bond donors (Lipinski definition) is 1. The van der Waals surface area contributed by atoms with E-state index >= 15 is 0 Å². The van der Waals surface area contributed by atoms with E-state index in [0.717, 1.165) is 24.2 Å². The largest absolute Gasteiger partial charge is 0.507 e. The van der Waals surface area contributed by atoms with Crippen molar-refractivity contribution in [3.05, 3.63) is 64.7 Å². The van der Waals surface area contributed by atoms with Gasteiger partial charge in [-0.15, -0.1) is 0 Å². The van der Waals surface area contributed by atoms with E-state index in [1.807, 2.05) is 44.2 Å². The van der Waals surface area contributed by atoms with Gasteiger partial charge in [0.2, 0.25) is 0 Å². The minimum atomic E-state index is -0.719. The average Bonchev–Trinajstić information content (AvgIpc) is 3.31. The zero-order valence-electron chi connectivity index (χ0n) is 19.2. The SMILES string of the molecule is CCCOc1ccc(C2/C(=C(/O)c3ccc4c(c3)CC(C)O4)C(=O)C(=O)N2CCOC)cc1. The monoisotopic (exact) mass is 451 g/mol. The lowest BCUT2D eigenvalue weighted by molar-refractivity contribution is -0.140. The molecule has 7 nitrogen and oxygen atoms in total. The zero-order chi connectivity index (χ0) is 23.5. The Morgan fingerprint density at radius 1 is 1.15 bits per heavy atom. The summed E-state index contributed by atoms with van der Waals surface area (Å²) in [6, 6.07) is 11.9. The summed E-state index contributed by atoms with van der Waals surface area (Å²) < 4.78 is 16.6. The zero-order valence-corrected chi connectivity index (χ0v) is 19.2. The Bertz CT molecular complexity index is 1070. The van der Waals surface area contributed by atoms with Crippen molar-refractivity contribution in [2.24, 2.45) is 0 Å². The molecule has 0 aliphatic carbocycles. The van der Waals surface area contributed by atoms with E-state index in [0.29, 0.717) is 23.5 Å². The summed E-state index contributed by atoms with van der Waals surface area (Å²) in [5, 5.41) is 11.2. The number of amides is 1. The number of Topliss-reactive ketones (excluding diaryl/α,β-unsaturated/α-hetero) is 1. The van der Waals surface area contributed by atoms with E-state index < -0.39 is 17.7 Å². The van der Waals surface area contributed by atoms with E-state index in [2.05, 4.69) is 0 Å². The highest BCUT2D eigenvalue weighted by Crippen LogP contribution is 2.40. The second-order valence-electron chi connectivity index (χ2n) is 8.36. The van der Waals surface area contributed by atoms with Crippen LogP contribution in [0.2, 0.25) is 0 Å². The summed E-state index contributed by atoms with van der Waals surface area (Å²) in [7, 11) is 1.54. The van der Waals surface area contributed by atoms with E-state index in [1.165, 1.54) is 4.90 Å². The molecule has 33 heavy (non-hydrogen) atoms. The number of ketones is 1. The smallest absolute Gasteiger partial charge is 0.295 e. The number of aliphatic hydroxyl groups excluding tert-OH is 1. The Balaban J connectivity index is 1.76. The van der Waals surface area contributed by atoms with E-state index in [-0.39, 0.29) is 30.6 Å². The summed E-state index contributed by atoms with van der Waals surface area (Å²) >= 11 is 0. The fraction of sp³-hybridized carbons (Fsp3) is 0.385. The van der Waals surface area contributed by atoms with Gasteiger partial charge in [0, 0.05) is 25.6 Å². The fourth-order valence-corrected chi connectivity index (χ4v) is 4.34. The Labute approximate surface area is 193 Å². The number of rotatable bonds is 8. The third-order valence-corrected chi connectivity index (χ3v) is 5.91. The standard InChI is InChI=1S/C26H29NO6/c1-4-12-32-20-8-5-17(6-9-20)23-22(25(29)26(30)27(23)11-13-31-3)24(28)18-7-10-21-19(15-18)14-16(2)33-21/h5-10,15-16,23,28H,4,11-14H2,1-3H3/b24-22-. The highest BCUT2D eigenvalue weighted by atomic mass is 16.5. The number of methoxy groups -OCH3 is 1. The van der Waals surface area contributed by atoms with Gasteiger partial charge in [0.25, 0.3) is 11.7 Å². The van der Waals surface area contributed by atoms with Crippen molar-refractivity contribution in [2.75, 3.05) is 26.9 Å². The van der Waals surface area contributed by atoms with Crippen LogP contribution in [0.25, 0.3) is 5.76 Å². The molecule has 0 bridgehead atoms. The van der Waals surface area contributed by atoms with Crippen molar-refractivity contribution in [1.29, 1.82) is 0 Å². The van der Waals surface area contributed by atoms with Crippen LogP contribution in [0, 0.1) is 0 Å². The van der Waals surface area contributed by atoms with Crippen molar-refractivity contribution in [1.82, 2.24) is 4.90 Å². The molecule has 1 amide bonds. The van der Waals surface area contributed by atoms with Crippen LogP contribution in [0.5, 0.6) is 11.5 Å². The number of likely N-dealkylation sites (tertiary alicyclic amines) is 1. The van der Waals surface area contributed by atoms with Crippen molar-refractivity contribution in [3.63, 3.8) is 0 Å². The predicted molar refractivity (Wildman–Crippen MR) is 123 cm³/mol. The van der Waals surface area contributed by atoms with Gasteiger partial charge in [-0.1, -0.05) is 19.1 Å². The normalized spacial score (nSPS) is 21.2. The molecule has 1 saturated heterocycles. The van der Waals surface area contributed by atoms with Gasteiger partial charge >= 0.3 is 0 Å². The van der Waals surface area contributed by atoms with Crippen LogP contribution in [0.3, 0.4) is 0 Å². The van der Waals surface area contributed by atoms with Crippen molar-refractivity contribution < 1.29 is 28.9 Å². The molecule has 2 heterocycles. The van der Waals surface area contributed by atoms with Gasteiger partial charge in [0.05, 0.1) is 24.8 Å². The lowest BCUT2D eigenvalue weighted by atomic mass is 9.94. The first-order chi connectivity index (χ1) is 15.9. The van der Waals surface area contributed by atoms with Gasteiger partial charge in [0.1, 0.15) is 23.4 Å². The first-order valence-corrected chi connectivity index (χ1v) is 11.2. The molecular weight excluding hydrogens is 422 g/mol. The lowest BCUT2D eigenvalue weighted by Crippen LogP contribution is -2.32. The van der Waals surface area contributed by atoms with Crippen LogP contribution < -0.4 is 9.47 Å². The topological polar surface area (TPSA) is 85.3 Å². The van der Waals surface area contributed by atoms with Crippen molar-refractivity contribution in [2.45, 2.75) is 38.8 Å². The van der Waals surface area contributed by atoms with Crippen LogP contribution in [0.1, 0.15) is 43.0 Å². The summed E-state index contributed by atoms with van der Waals surface area (Å²) in [5.74, 6) is -0.0546. The van der Waals surface area contributed by atoms with Crippen molar-refractivity contribution >= 4 is 17.4 Å². The molecule has 2 atom stereocenters. The highest BCUT2D eigenvalue weighted by molar-refractivity contribution is 6.46. The van der Waals surface area contributed by atoms with Gasteiger partial charge in [-0.3, -0.25) is 9.59 Å². The lowest BCUT2D eigenvalue weighted by Gasteiger charge is -2.25. The molecule has 174 valence electrons. The number of fused-ring (bicyclic) bond motifs is 1. The summed E-state index contributed by atoms with van der Waals surface area (Å²) in [6.07, 6.45) is 1.68. The highest BCUT2D eigenvalue weighted by Gasteiger charge is 2.46. The first kappa shape index (κ1) is 22.9. The molecule has 1 N–H and O–H groups in total. The number of carbonyl (C=O) groups excluding carboxylic acids is 2. The molecular formula is C26H29NO6. The average molecular weight is 452 g/mol. The third kappa shape index (κ3) is 4.46.